The molecule has 2 aliphatic rings. The number of hydrogen-bond donors (Lipinski definition) is 2. The van der Waals surface area contributed by atoms with E-state index >= 15 is 0 Å². The highest BCUT2D eigenvalue weighted by molar-refractivity contribution is 5.74. The van der Waals surface area contributed by atoms with Gasteiger partial charge in [-0.2, -0.15) is 0 Å². The summed E-state index contributed by atoms with van der Waals surface area (Å²) in [6.45, 7) is 6.59. The molecule has 2 fully saturated rings. The third-order valence-electron chi connectivity index (χ3n) is 6.79. The molecule has 2 amide bonds. The van der Waals surface area contributed by atoms with E-state index in [0.717, 1.165) is 42.8 Å². The Balaban J connectivity index is 1.53. The first-order valence-electron chi connectivity index (χ1n) is 11.7. The molecule has 2 aromatic rings. The summed E-state index contributed by atoms with van der Waals surface area (Å²) < 4.78 is 5.26. The van der Waals surface area contributed by atoms with Crippen LogP contribution in [-0.2, 0) is 0 Å². The van der Waals surface area contributed by atoms with E-state index in [2.05, 4.69) is 46.6 Å². The molecule has 4 rings (SSSR count). The van der Waals surface area contributed by atoms with Crippen LogP contribution in [0.3, 0.4) is 0 Å². The maximum atomic E-state index is 12.7. The van der Waals surface area contributed by atoms with Crippen molar-refractivity contribution in [1.29, 1.82) is 0 Å². The molecular formula is C26H35N3O3. The van der Waals surface area contributed by atoms with Crippen LogP contribution in [0.25, 0.3) is 11.1 Å². The number of rotatable bonds is 5. The Morgan fingerprint density at radius 3 is 2.28 bits per heavy atom. The van der Waals surface area contributed by atoms with Crippen molar-refractivity contribution >= 4 is 6.03 Å². The smallest absolute Gasteiger partial charge is 0.317 e. The van der Waals surface area contributed by atoms with E-state index in [1.54, 1.807) is 7.11 Å². The lowest BCUT2D eigenvalue weighted by Crippen LogP contribution is -2.68. The molecular weight excluding hydrogens is 402 g/mol. The number of fused-ring (bicyclic) bond motifs is 1. The molecule has 0 unspecified atom stereocenters. The normalized spacial score (nSPS) is 23.7. The van der Waals surface area contributed by atoms with E-state index in [4.69, 9.17) is 4.74 Å². The quantitative estimate of drug-likeness (QED) is 0.749. The van der Waals surface area contributed by atoms with Crippen molar-refractivity contribution in [2.75, 3.05) is 33.4 Å². The van der Waals surface area contributed by atoms with Crippen LogP contribution >= 0.6 is 0 Å². The summed E-state index contributed by atoms with van der Waals surface area (Å²) in [5.41, 5.74) is 3.53. The van der Waals surface area contributed by atoms with Crippen molar-refractivity contribution in [3.05, 3.63) is 54.1 Å². The fourth-order valence-corrected chi connectivity index (χ4v) is 5.14. The molecule has 3 atom stereocenters. The number of urea groups is 1. The standard InChI is InChI=1S/C26H35N3O3/c1-18(2)27-26(31)28-14-4-5-15-29-23(16-28)25(24(29)17-30)21-8-6-19(7-9-21)20-10-12-22(32-3)13-11-20/h6-13,18,23-25,30H,4-5,14-17H2,1-3H3,(H,27,31)/t23-,24+,25-/m0/s1. The number of methoxy groups -OCH3 is 1. The molecule has 6 heteroatoms. The third kappa shape index (κ3) is 4.62. The Bertz CT molecular complexity index is 898. The first kappa shape index (κ1) is 22.6. The van der Waals surface area contributed by atoms with Gasteiger partial charge >= 0.3 is 6.03 Å². The molecule has 0 saturated carbocycles. The predicted molar refractivity (Wildman–Crippen MR) is 127 cm³/mol. The SMILES string of the molecule is COc1ccc(-c2ccc([C@@H]3[C@@H](CO)N4CCCCN(C(=O)NC(C)C)C[C@@H]34)cc2)cc1. The van der Waals surface area contributed by atoms with E-state index in [9.17, 15) is 9.90 Å². The van der Waals surface area contributed by atoms with Crippen LogP contribution in [-0.4, -0.2) is 72.4 Å². The highest BCUT2D eigenvalue weighted by Gasteiger charge is 2.49. The lowest BCUT2D eigenvalue weighted by molar-refractivity contribution is -0.0591. The Labute approximate surface area is 191 Å². The molecule has 6 nitrogen and oxygen atoms in total. The Morgan fingerprint density at radius 1 is 1.06 bits per heavy atom. The molecule has 0 aromatic heterocycles. The van der Waals surface area contributed by atoms with Crippen molar-refractivity contribution in [3.8, 4) is 16.9 Å². The predicted octanol–water partition coefficient (Wildman–Crippen LogP) is 3.70. The molecule has 2 aliphatic heterocycles. The van der Waals surface area contributed by atoms with Crippen molar-refractivity contribution in [1.82, 2.24) is 15.1 Å². The molecule has 2 saturated heterocycles. The van der Waals surface area contributed by atoms with Crippen molar-refractivity contribution in [3.63, 3.8) is 0 Å². The van der Waals surface area contributed by atoms with Crippen LogP contribution in [0.1, 0.15) is 38.2 Å². The van der Waals surface area contributed by atoms with Gasteiger partial charge < -0.3 is 20.1 Å². The van der Waals surface area contributed by atoms with Gasteiger partial charge in [-0.05, 0) is 62.1 Å². The molecule has 32 heavy (non-hydrogen) atoms. The van der Waals surface area contributed by atoms with Crippen LogP contribution in [0.5, 0.6) is 5.75 Å². The number of nitrogens with zero attached hydrogens (tertiary/aromatic N) is 2. The minimum Gasteiger partial charge on any atom is -0.497 e. The van der Waals surface area contributed by atoms with Crippen LogP contribution in [0.2, 0.25) is 0 Å². The summed E-state index contributed by atoms with van der Waals surface area (Å²) in [5.74, 6) is 1.07. The molecule has 2 heterocycles. The van der Waals surface area contributed by atoms with Gasteiger partial charge in [0.05, 0.1) is 13.7 Å². The summed E-state index contributed by atoms with van der Waals surface area (Å²) in [5, 5.41) is 13.2. The number of nitrogens with one attached hydrogen (secondary N) is 1. The number of benzene rings is 2. The molecule has 2 aromatic carbocycles. The van der Waals surface area contributed by atoms with Gasteiger partial charge in [0, 0.05) is 37.1 Å². The van der Waals surface area contributed by atoms with Gasteiger partial charge in [0.15, 0.2) is 0 Å². The number of aliphatic hydroxyl groups excluding tert-OH is 1. The van der Waals surface area contributed by atoms with Crippen molar-refractivity contribution in [2.45, 2.75) is 50.7 Å². The van der Waals surface area contributed by atoms with Gasteiger partial charge in [-0.15, -0.1) is 0 Å². The highest BCUT2D eigenvalue weighted by Crippen LogP contribution is 2.42. The second-order valence-corrected chi connectivity index (χ2v) is 9.19. The minimum absolute atomic E-state index is 0.0166. The minimum atomic E-state index is 0.0166. The van der Waals surface area contributed by atoms with Gasteiger partial charge in [-0.1, -0.05) is 36.4 Å². The summed E-state index contributed by atoms with van der Waals surface area (Å²) >= 11 is 0. The van der Waals surface area contributed by atoms with Gasteiger partial charge in [0.2, 0.25) is 0 Å². The van der Waals surface area contributed by atoms with Gasteiger partial charge in [0.25, 0.3) is 0 Å². The lowest BCUT2D eigenvalue weighted by Gasteiger charge is -2.57. The first-order chi connectivity index (χ1) is 15.5. The maximum absolute atomic E-state index is 12.7. The fourth-order valence-electron chi connectivity index (χ4n) is 5.14. The Hall–Kier alpha value is -2.57. The zero-order valence-corrected chi connectivity index (χ0v) is 19.3. The van der Waals surface area contributed by atoms with E-state index < -0.39 is 0 Å². The van der Waals surface area contributed by atoms with Crippen LogP contribution in [0.15, 0.2) is 48.5 Å². The monoisotopic (exact) mass is 437 g/mol. The first-order valence-corrected chi connectivity index (χ1v) is 11.7. The zero-order valence-electron chi connectivity index (χ0n) is 19.3. The Morgan fingerprint density at radius 2 is 1.69 bits per heavy atom. The molecule has 2 N–H and O–H groups in total. The van der Waals surface area contributed by atoms with Gasteiger partial charge in [-0.25, -0.2) is 4.79 Å². The number of carbonyl (C=O) groups excluding carboxylic acids is 1. The lowest BCUT2D eigenvalue weighted by atomic mass is 9.74. The zero-order chi connectivity index (χ0) is 22.7. The highest BCUT2D eigenvalue weighted by atomic mass is 16.5. The fraction of sp³-hybridized carbons (Fsp3) is 0.500. The van der Waals surface area contributed by atoms with E-state index in [1.807, 2.05) is 30.9 Å². The summed E-state index contributed by atoms with van der Waals surface area (Å²) in [4.78, 5) is 17.1. The number of aliphatic hydroxyl groups is 1. The topological polar surface area (TPSA) is 65.0 Å². The van der Waals surface area contributed by atoms with Crippen LogP contribution < -0.4 is 10.1 Å². The van der Waals surface area contributed by atoms with Crippen LogP contribution in [0, 0.1) is 0 Å². The summed E-state index contributed by atoms with van der Waals surface area (Å²) in [7, 11) is 1.67. The van der Waals surface area contributed by atoms with E-state index in [0.29, 0.717) is 6.54 Å². The number of carbonyl (C=O) groups is 1. The third-order valence-corrected chi connectivity index (χ3v) is 6.79. The molecule has 172 valence electrons. The number of hydrogen-bond acceptors (Lipinski definition) is 4. The number of ether oxygens (including phenoxy) is 1. The van der Waals surface area contributed by atoms with Gasteiger partial charge in [0.1, 0.15) is 5.75 Å². The van der Waals surface area contributed by atoms with Crippen molar-refractivity contribution < 1.29 is 14.6 Å². The maximum Gasteiger partial charge on any atom is 0.317 e. The van der Waals surface area contributed by atoms with E-state index in [-0.39, 0.29) is 36.7 Å². The van der Waals surface area contributed by atoms with Gasteiger partial charge in [-0.3, -0.25) is 4.90 Å². The van der Waals surface area contributed by atoms with E-state index in [1.165, 1.54) is 5.56 Å². The second-order valence-electron chi connectivity index (χ2n) is 9.19. The average Bonchev–Trinajstić information content (AvgIpc) is 2.78. The summed E-state index contributed by atoms with van der Waals surface area (Å²) in [6.07, 6.45) is 2.04. The molecule has 0 aliphatic carbocycles. The Kier molecular flexibility index (Phi) is 7.01. The van der Waals surface area contributed by atoms with Crippen molar-refractivity contribution in [2.24, 2.45) is 0 Å². The number of amides is 2. The summed E-state index contributed by atoms with van der Waals surface area (Å²) in [6, 6.07) is 17.2. The average molecular weight is 438 g/mol. The second kappa shape index (κ2) is 9.92. The van der Waals surface area contributed by atoms with Crippen LogP contribution in [0.4, 0.5) is 4.79 Å². The molecule has 0 bridgehead atoms. The largest absolute Gasteiger partial charge is 0.497 e. The molecule has 0 radical (unpaired) electrons. The molecule has 0 spiro atoms.